The molecule has 5 nitrogen and oxygen atoms in total. The first-order chi connectivity index (χ1) is 10.2. The molecule has 0 radical (unpaired) electrons. The van der Waals surface area contributed by atoms with E-state index in [-0.39, 0.29) is 5.91 Å². The van der Waals surface area contributed by atoms with E-state index in [0.29, 0.717) is 17.5 Å². The zero-order chi connectivity index (χ0) is 14.7. The third-order valence-corrected chi connectivity index (χ3v) is 4.35. The number of carbonyl (C=O) groups excluding carboxylic acids is 1. The van der Waals surface area contributed by atoms with Crippen molar-refractivity contribution in [2.45, 2.75) is 38.5 Å². The summed E-state index contributed by atoms with van der Waals surface area (Å²) >= 11 is 1.59. The Morgan fingerprint density at radius 1 is 1.48 bits per heavy atom. The molecule has 21 heavy (non-hydrogen) atoms. The SMILES string of the molecule is CC(=O)NC(=Cc1cccs1)c1nc(C2CCCC2)no1. The molecule has 6 heteroatoms. The monoisotopic (exact) mass is 303 g/mol. The van der Waals surface area contributed by atoms with Gasteiger partial charge in [0, 0.05) is 17.7 Å². The first-order valence-corrected chi connectivity index (χ1v) is 7.97. The van der Waals surface area contributed by atoms with E-state index in [1.54, 1.807) is 11.3 Å². The molecule has 0 spiro atoms. The van der Waals surface area contributed by atoms with Crippen LogP contribution in [-0.2, 0) is 4.79 Å². The highest BCUT2D eigenvalue weighted by Crippen LogP contribution is 2.32. The molecule has 2 aromatic heterocycles. The summed E-state index contributed by atoms with van der Waals surface area (Å²) in [5, 5.41) is 8.83. The highest BCUT2D eigenvalue weighted by Gasteiger charge is 2.23. The van der Waals surface area contributed by atoms with Crippen molar-refractivity contribution in [2.75, 3.05) is 0 Å². The van der Waals surface area contributed by atoms with Crippen molar-refractivity contribution in [1.29, 1.82) is 0 Å². The zero-order valence-electron chi connectivity index (χ0n) is 11.8. The number of rotatable bonds is 4. The van der Waals surface area contributed by atoms with Gasteiger partial charge in [-0.1, -0.05) is 24.1 Å². The van der Waals surface area contributed by atoms with Crippen molar-refractivity contribution < 1.29 is 9.32 Å². The lowest BCUT2D eigenvalue weighted by atomic mass is 10.1. The molecule has 1 N–H and O–H groups in total. The average Bonchev–Trinajstić information content (AvgIpc) is 3.19. The lowest BCUT2D eigenvalue weighted by Crippen LogP contribution is -2.18. The zero-order valence-corrected chi connectivity index (χ0v) is 12.7. The van der Waals surface area contributed by atoms with Crippen LogP contribution in [0.1, 0.15) is 55.1 Å². The molecule has 1 aliphatic carbocycles. The van der Waals surface area contributed by atoms with Gasteiger partial charge in [-0.05, 0) is 30.4 Å². The van der Waals surface area contributed by atoms with Gasteiger partial charge in [0.1, 0.15) is 5.70 Å². The molecule has 0 saturated heterocycles. The maximum Gasteiger partial charge on any atom is 0.274 e. The summed E-state index contributed by atoms with van der Waals surface area (Å²) in [6, 6.07) is 3.93. The summed E-state index contributed by atoms with van der Waals surface area (Å²) in [6.45, 7) is 1.47. The molecule has 0 aliphatic heterocycles. The minimum absolute atomic E-state index is 0.154. The lowest BCUT2D eigenvalue weighted by molar-refractivity contribution is -0.117. The number of nitrogens with zero attached hydrogens (tertiary/aromatic N) is 2. The Balaban J connectivity index is 1.87. The standard InChI is InChI=1S/C15H17N3O2S/c1-10(19)16-13(9-12-7-4-8-21-12)15-17-14(18-20-15)11-5-2-3-6-11/h4,7-9,11H,2-3,5-6H2,1H3,(H,16,19). The first-order valence-electron chi connectivity index (χ1n) is 7.09. The number of amides is 1. The molecular weight excluding hydrogens is 286 g/mol. The Morgan fingerprint density at radius 3 is 2.95 bits per heavy atom. The van der Waals surface area contributed by atoms with Gasteiger partial charge < -0.3 is 9.84 Å². The fourth-order valence-electron chi connectivity index (χ4n) is 2.55. The molecule has 1 fully saturated rings. The summed E-state index contributed by atoms with van der Waals surface area (Å²) in [4.78, 5) is 16.9. The van der Waals surface area contributed by atoms with E-state index in [2.05, 4.69) is 15.5 Å². The first kappa shape index (κ1) is 14.0. The van der Waals surface area contributed by atoms with Gasteiger partial charge in [0.15, 0.2) is 5.82 Å². The molecule has 0 aromatic carbocycles. The Labute approximate surface area is 127 Å². The lowest BCUT2D eigenvalue weighted by Gasteiger charge is -2.03. The van der Waals surface area contributed by atoms with Gasteiger partial charge in [-0.2, -0.15) is 4.98 Å². The van der Waals surface area contributed by atoms with Crippen LogP contribution in [0.4, 0.5) is 0 Å². The number of carbonyl (C=O) groups is 1. The quantitative estimate of drug-likeness (QED) is 0.939. The molecular formula is C15H17N3O2S. The number of hydrogen-bond acceptors (Lipinski definition) is 5. The van der Waals surface area contributed by atoms with Crippen LogP contribution in [0.5, 0.6) is 0 Å². The molecule has 2 heterocycles. The van der Waals surface area contributed by atoms with Crippen LogP contribution in [0.25, 0.3) is 11.8 Å². The predicted octanol–water partition coefficient (Wildman–Crippen LogP) is 3.42. The summed E-state index contributed by atoms with van der Waals surface area (Å²) < 4.78 is 5.35. The number of hydrogen-bond donors (Lipinski definition) is 1. The highest BCUT2D eigenvalue weighted by atomic mass is 32.1. The summed E-state index contributed by atoms with van der Waals surface area (Å²) in [6.07, 6.45) is 6.53. The van der Waals surface area contributed by atoms with E-state index in [9.17, 15) is 4.79 Å². The van der Waals surface area contributed by atoms with Crippen molar-refractivity contribution in [3.63, 3.8) is 0 Å². The fourth-order valence-corrected chi connectivity index (χ4v) is 3.21. The second-order valence-corrected chi connectivity index (χ2v) is 6.17. The second kappa shape index (κ2) is 6.22. The van der Waals surface area contributed by atoms with Gasteiger partial charge in [-0.3, -0.25) is 4.79 Å². The van der Waals surface area contributed by atoms with Gasteiger partial charge in [0.25, 0.3) is 5.89 Å². The van der Waals surface area contributed by atoms with E-state index >= 15 is 0 Å². The van der Waals surface area contributed by atoms with Crippen LogP contribution >= 0.6 is 11.3 Å². The minimum atomic E-state index is -0.154. The van der Waals surface area contributed by atoms with Crippen LogP contribution in [-0.4, -0.2) is 16.0 Å². The fraction of sp³-hybridized carbons (Fsp3) is 0.400. The summed E-state index contributed by atoms with van der Waals surface area (Å²) in [5.41, 5.74) is 0.557. The van der Waals surface area contributed by atoms with E-state index < -0.39 is 0 Å². The highest BCUT2D eigenvalue weighted by molar-refractivity contribution is 7.10. The Hall–Kier alpha value is -1.95. The Bertz CT molecular complexity index is 640. The summed E-state index contributed by atoms with van der Waals surface area (Å²) in [7, 11) is 0. The van der Waals surface area contributed by atoms with Crippen molar-refractivity contribution in [3.05, 3.63) is 34.1 Å². The van der Waals surface area contributed by atoms with Gasteiger partial charge in [-0.25, -0.2) is 0 Å². The second-order valence-electron chi connectivity index (χ2n) is 5.19. The van der Waals surface area contributed by atoms with Crippen LogP contribution < -0.4 is 5.32 Å². The van der Waals surface area contributed by atoms with Gasteiger partial charge in [0.2, 0.25) is 5.91 Å². The topological polar surface area (TPSA) is 68.0 Å². The van der Waals surface area contributed by atoms with Crippen LogP contribution in [0.3, 0.4) is 0 Å². The number of aromatic nitrogens is 2. The van der Waals surface area contributed by atoms with Crippen molar-refractivity contribution in [2.24, 2.45) is 0 Å². The smallest absolute Gasteiger partial charge is 0.274 e. The molecule has 3 rings (SSSR count). The molecule has 1 aliphatic rings. The van der Waals surface area contributed by atoms with Crippen LogP contribution in [0, 0.1) is 0 Å². The predicted molar refractivity (Wildman–Crippen MR) is 81.5 cm³/mol. The molecule has 110 valence electrons. The van der Waals surface area contributed by atoms with Crippen LogP contribution in [0.15, 0.2) is 22.0 Å². The van der Waals surface area contributed by atoms with E-state index in [0.717, 1.165) is 23.5 Å². The minimum Gasteiger partial charge on any atom is -0.332 e. The number of thiophene rings is 1. The molecule has 0 atom stereocenters. The molecule has 1 saturated carbocycles. The van der Waals surface area contributed by atoms with E-state index in [1.165, 1.54) is 19.8 Å². The molecule has 2 aromatic rings. The third kappa shape index (κ3) is 3.39. The maximum absolute atomic E-state index is 11.4. The maximum atomic E-state index is 11.4. The van der Waals surface area contributed by atoms with E-state index in [4.69, 9.17) is 4.52 Å². The third-order valence-electron chi connectivity index (χ3n) is 3.53. The van der Waals surface area contributed by atoms with Crippen molar-refractivity contribution in [1.82, 2.24) is 15.5 Å². The summed E-state index contributed by atoms with van der Waals surface area (Å²) in [5.74, 6) is 1.37. The van der Waals surface area contributed by atoms with Gasteiger partial charge >= 0.3 is 0 Å². The molecule has 0 unspecified atom stereocenters. The van der Waals surface area contributed by atoms with Gasteiger partial charge in [0.05, 0.1) is 0 Å². The van der Waals surface area contributed by atoms with Crippen LogP contribution in [0.2, 0.25) is 0 Å². The Kier molecular flexibility index (Phi) is 4.15. The largest absolute Gasteiger partial charge is 0.332 e. The number of nitrogens with one attached hydrogen (secondary N) is 1. The van der Waals surface area contributed by atoms with Crippen molar-refractivity contribution >= 4 is 29.0 Å². The van der Waals surface area contributed by atoms with E-state index in [1.807, 2.05) is 23.6 Å². The average molecular weight is 303 g/mol. The van der Waals surface area contributed by atoms with Gasteiger partial charge in [-0.15, -0.1) is 11.3 Å². The molecule has 0 bridgehead atoms. The molecule has 1 amide bonds. The van der Waals surface area contributed by atoms with Crippen molar-refractivity contribution in [3.8, 4) is 0 Å². The Morgan fingerprint density at radius 2 is 2.29 bits per heavy atom. The normalized spacial score (nSPS) is 16.3.